The van der Waals surface area contributed by atoms with E-state index in [9.17, 15) is 14.0 Å². The van der Waals surface area contributed by atoms with Crippen molar-refractivity contribution in [1.82, 2.24) is 24.9 Å². The largest absolute Gasteiger partial charge is 0.455 e. The number of nitrogens with one attached hydrogen (secondary N) is 1. The first kappa shape index (κ1) is 20.7. The van der Waals surface area contributed by atoms with Gasteiger partial charge in [0.1, 0.15) is 5.82 Å². The fourth-order valence-corrected chi connectivity index (χ4v) is 3.06. The summed E-state index contributed by atoms with van der Waals surface area (Å²) in [6.45, 7) is 3.45. The zero-order valence-corrected chi connectivity index (χ0v) is 17.0. The number of esters is 1. The summed E-state index contributed by atoms with van der Waals surface area (Å²) in [6, 6.07) is 5.77. The summed E-state index contributed by atoms with van der Waals surface area (Å²) in [5, 5.41) is 7.55. The maximum atomic E-state index is 12.9. The van der Waals surface area contributed by atoms with E-state index in [0.29, 0.717) is 22.2 Å². The molecule has 2 aromatic heterocycles. The SMILES string of the molecule is CSc1nc2nc(C)c(CC(=O)OCC(=O)NCc3ccc(F)cc3)c(C)n2n1. The first-order valence-corrected chi connectivity index (χ1v) is 10.0. The summed E-state index contributed by atoms with van der Waals surface area (Å²) in [4.78, 5) is 32.8. The number of fused-ring (bicyclic) bond motifs is 1. The zero-order valence-electron chi connectivity index (χ0n) is 16.2. The molecule has 0 saturated carbocycles. The van der Waals surface area contributed by atoms with E-state index in [1.165, 1.54) is 23.9 Å². The van der Waals surface area contributed by atoms with E-state index in [1.807, 2.05) is 13.2 Å². The molecular formula is C19H20FN5O3S. The van der Waals surface area contributed by atoms with Crippen molar-refractivity contribution in [2.75, 3.05) is 12.9 Å². The molecule has 29 heavy (non-hydrogen) atoms. The number of benzene rings is 1. The molecule has 2 heterocycles. The van der Waals surface area contributed by atoms with E-state index in [0.717, 1.165) is 11.3 Å². The first-order valence-electron chi connectivity index (χ1n) is 8.81. The van der Waals surface area contributed by atoms with Crippen molar-refractivity contribution in [3.8, 4) is 0 Å². The van der Waals surface area contributed by atoms with Gasteiger partial charge in [0, 0.05) is 23.5 Å². The number of amides is 1. The molecule has 10 heteroatoms. The lowest BCUT2D eigenvalue weighted by molar-refractivity contribution is -0.147. The van der Waals surface area contributed by atoms with Crippen LogP contribution in [0.25, 0.3) is 5.78 Å². The molecular weight excluding hydrogens is 397 g/mol. The number of nitrogens with zero attached hydrogens (tertiary/aromatic N) is 4. The molecule has 0 unspecified atom stereocenters. The second-order valence-corrected chi connectivity index (χ2v) is 7.09. The number of hydrogen-bond donors (Lipinski definition) is 1. The highest BCUT2D eigenvalue weighted by Gasteiger charge is 2.17. The third-order valence-corrected chi connectivity index (χ3v) is 4.84. The topological polar surface area (TPSA) is 98.5 Å². The number of aromatic nitrogens is 4. The molecule has 0 atom stereocenters. The average Bonchev–Trinajstić information content (AvgIpc) is 3.12. The molecule has 0 aliphatic carbocycles. The molecule has 0 bridgehead atoms. The summed E-state index contributed by atoms with van der Waals surface area (Å²) in [7, 11) is 0. The third kappa shape index (κ3) is 5.08. The maximum Gasteiger partial charge on any atom is 0.310 e. The van der Waals surface area contributed by atoms with E-state index in [1.54, 1.807) is 23.6 Å². The van der Waals surface area contributed by atoms with Crippen LogP contribution in [0.2, 0.25) is 0 Å². The summed E-state index contributed by atoms with van der Waals surface area (Å²) < 4.78 is 19.5. The minimum atomic E-state index is -0.542. The standard InChI is InChI=1S/C19H20FN5O3S/c1-11-15(12(2)25-18(22-11)23-19(24-25)29-3)8-17(27)28-10-16(26)21-9-13-4-6-14(20)7-5-13/h4-7H,8-10H2,1-3H3,(H,21,26). The smallest absolute Gasteiger partial charge is 0.310 e. The third-order valence-electron chi connectivity index (χ3n) is 4.30. The van der Waals surface area contributed by atoms with Gasteiger partial charge in [-0.05, 0) is 37.8 Å². The number of halogens is 1. The van der Waals surface area contributed by atoms with Crippen LogP contribution in [0, 0.1) is 19.7 Å². The second-order valence-electron chi connectivity index (χ2n) is 6.31. The van der Waals surface area contributed by atoms with Gasteiger partial charge in [0.15, 0.2) is 6.61 Å². The predicted octanol–water partition coefficient (Wildman–Crippen LogP) is 2.00. The maximum absolute atomic E-state index is 12.9. The molecule has 8 nitrogen and oxygen atoms in total. The molecule has 0 aliphatic heterocycles. The molecule has 1 amide bonds. The van der Waals surface area contributed by atoms with Gasteiger partial charge in [0.05, 0.1) is 6.42 Å². The van der Waals surface area contributed by atoms with Crippen molar-refractivity contribution in [1.29, 1.82) is 0 Å². The molecule has 1 N–H and O–H groups in total. The highest BCUT2D eigenvalue weighted by molar-refractivity contribution is 7.98. The Bertz CT molecular complexity index is 1050. The van der Waals surface area contributed by atoms with Crippen molar-refractivity contribution in [2.45, 2.75) is 32.0 Å². The molecule has 3 rings (SSSR count). The summed E-state index contributed by atoms with van der Waals surface area (Å²) in [5.41, 5.74) is 2.84. The van der Waals surface area contributed by atoms with Gasteiger partial charge in [-0.15, -0.1) is 5.10 Å². The van der Waals surface area contributed by atoms with Crippen LogP contribution in [-0.4, -0.2) is 44.3 Å². The van der Waals surface area contributed by atoms with Crippen molar-refractivity contribution in [2.24, 2.45) is 0 Å². The Labute approximate surface area is 170 Å². The number of ether oxygens (including phenoxy) is 1. The Balaban J connectivity index is 1.56. The molecule has 152 valence electrons. The molecule has 1 aromatic carbocycles. The summed E-state index contributed by atoms with van der Waals surface area (Å²) in [6.07, 6.45) is 1.84. The number of carbonyl (C=O) groups excluding carboxylic acids is 2. The van der Waals surface area contributed by atoms with Crippen molar-refractivity contribution in [3.63, 3.8) is 0 Å². The van der Waals surface area contributed by atoms with Gasteiger partial charge in [-0.3, -0.25) is 9.59 Å². The lowest BCUT2D eigenvalue weighted by Gasteiger charge is -2.10. The quantitative estimate of drug-likeness (QED) is 0.464. The summed E-state index contributed by atoms with van der Waals surface area (Å²) in [5.74, 6) is -0.852. The number of aryl methyl sites for hydroxylation is 2. The van der Waals surface area contributed by atoms with Crippen LogP contribution < -0.4 is 5.32 Å². The molecule has 3 aromatic rings. The Hall–Kier alpha value is -3.01. The van der Waals surface area contributed by atoms with Crippen LogP contribution in [-0.2, 0) is 27.3 Å². The molecule has 0 aliphatic rings. The van der Waals surface area contributed by atoms with Gasteiger partial charge in [0.25, 0.3) is 11.7 Å². The number of rotatable bonds is 7. The van der Waals surface area contributed by atoms with Gasteiger partial charge >= 0.3 is 5.97 Å². The number of thioether (sulfide) groups is 1. The average molecular weight is 417 g/mol. The highest BCUT2D eigenvalue weighted by Crippen LogP contribution is 2.17. The molecule has 0 saturated heterocycles. The minimum absolute atomic E-state index is 0.0275. The van der Waals surface area contributed by atoms with Crippen LogP contribution in [0.15, 0.2) is 29.4 Å². The predicted molar refractivity (Wildman–Crippen MR) is 105 cm³/mol. The number of carbonyl (C=O) groups is 2. The Morgan fingerprint density at radius 3 is 2.62 bits per heavy atom. The van der Waals surface area contributed by atoms with Crippen LogP contribution in [0.4, 0.5) is 4.39 Å². The van der Waals surface area contributed by atoms with Crippen molar-refractivity contribution in [3.05, 3.63) is 52.6 Å². The zero-order chi connectivity index (χ0) is 21.0. The Morgan fingerprint density at radius 2 is 1.93 bits per heavy atom. The van der Waals surface area contributed by atoms with Gasteiger partial charge < -0.3 is 10.1 Å². The normalized spacial score (nSPS) is 10.9. The van der Waals surface area contributed by atoms with Crippen LogP contribution >= 0.6 is 11.8 Å². The lowest BCUT2D eigenvalue weighted by Crippen LogP contribution is -2.28. The Morgan fingerprint density at radius 1 is 1.21 bits per heavy atom. The minimum Gasteiger partial charge on any atom is -0.455 e. The number of hydrogen-bond acceptors (Lipinski definition) is 7. The van der Waals surface area contributed by atoms with E-state index in [2.05, 4.69) is 20.4 Å². The highest BCUT2D eigenvalue weighted by atomic mass is 32.2. The van der Waals surface area contributed by atoms with Crippen molar-refractivity contribution >= 4 is 29.4 Å². The van der Waals surface area contributed by atoms with Crippen molar-refractivity contribution < 1.29 is 18.7 Å². The van der Waals surface area contributed by atoms with Gasteiger partial charge in [-0.25, -0.2) is 13.9 Å². The fourth-order valence-electron chi connectivity index (χ4n) is 2.73. The molecule has 0 spiro atoms. The summed E-state index contributed by atoms with van der Waals surface area (Å²) >= 11 is 1.41. The lowest BCUT2D eigenvalue weighted by atomic mass is 10.1. The molecule has 0 radical (unpaired) electrons. The van der Waals surface area contributed by atoms with Crippen LogP contribution in [0.3, 0.4) is 0 Å². The van der Waals surface area contributed by atoms with Crippen LogP contribution in [0.1, 0.15) is 22.5 Å². The second kappa shape index (κ2) is 8.99. The van der Waals surface area contributed by atoms with E-state index >= 15 is 0 Å². The Kier molecular flexibility index (Phi) is 6.42. The van der Waals surface area contributed by atoms with E-state index in [4.69, 9.17) is 4.74 Å². The first-order chi connectivity index (χ1) is 13.9. The van der Waals surface area contributed by atoms with E-state index in [-0.39, 0.29) is 18.8 Å². The monoisotopic (exact) mass is 417 g/mol. The van der Waals surface area contributed by atoms with Crippen LogP contribution in [0.5, 0.6) is 0 Å². The van der Waals surface area contributed by atoms with Gasteiger partial charge in [-0.2, -0.15) is 4.98 Å². The molecule has 0 fully saturated rings. The van der Waals surface area contributed by atoms with E-state index < -0.39 is 18.5 Å². The van der Waals surface area contributed by atoms with Gasteiger partial charge in [-0.1, -0.05) is 23.9 Å². The van der Waals surface area contributed by atoms with Gasteiger partial charge in [0.2, 0.25) is 5.16 Å². The fraction of sp³-hybridized carbons (Fsp3) is 0.316.